The highest BCUT2D eigenvalue weighted by Crippen LogP contribution is 2.35. The normalized spacial score (nSPS) is 15.4. The van der Waals surface area contributed by atoms with Gasteiger partial charge in [-0.25, -0.2) is 0 Å². The molecule has 0 spiro atoms. The standard InChI is InChI=1S/C22H17ClF3N5O/c23-15-1-2-16-17(12-15)27-8-4-19(16)31-9-5-13(6-10-31)14-3-7-28-18(11-14)20-29-21(32-30-20)22(24,25)26/h1-4,7-8,11-13H,5-6,9-10H2. The van der Waals surface area contributed by atoms with Gasteiger partial charge in [0.25, 0.3) is 0 Å². The Morgan fingerprint density at radius 1 is 1.00 bits per heavy atom. The summed E-state index contributed by atoms with van der Waals surface area (Å²) in [5, 5.41) is 5.14. The Kier molecular flexibility index (Phi) is 5.21. The Morgan fingerprint density at radius 2 is 1.78 bits per heavy atom. The largest absolute Gasteiger partial charge is 0.471 e. The van der Waals surface area contributed by atoms with Crippen LogP contribution < -0.4 is 4.90 Å². The van der Waals surface area contributed by atoms with Gasteiger partial charge in [0, 0.05) is 41.6 Å². The molecule has 4 aromatic rings. The van der Waals surface area contributed by atoms with Gasteiger partial charge in [0.1, 0.15) is 5.69 Å². The average Bonchev–Trinajstić information content (AvgIpc) is 3.30. The number of hydrogen-bond acceptors (Lipinski definition) is 6. The fourth-order valence-corrected chi connectivity index (χ4v) is 4.27. The predicted molar refractivity (Wildman–Crippen MR) is 113 cm³/mol. The van der Waals surface area contributed by atoms with Crippen LogP contribution in [-0.2, 0) is 6.18 Å². The van der Waals surface area contributed by atoms with Gasteiger partial charge in [-0.1, -0.05) is 16.8 Å². The summed E-state index contributed by atoms with van der Waals surface area (Å²) in [5.41, 5.74) is 3.24. The minimum absolute atomic E-state index is 0.168. The first-order valence-electron chi connectivity index (χ1n) is 10.0. The van der Waals surface area contributed by atoms with Crippen molar-refractivity contribution in [2.45, 2.75) is 24.9 Å². The van der Waals surface area contributed by atoms with Crippen molar-refractivity contribution in [3.05, 3.63) is 65.3 Å². The fourth-order valence-electron chi connectivity index (χ4n) is 4.10. The molecule has 32 heavy (non-hydrogen) atoms. The van der Waals surface area contributed by atoms with Crippen LogP contribution in [0.25, 0.3) is 22.4 Å². The van der Waals surface area contributed by atoms with Crippen LogP contribution in [0.2, 0.25) is 5.02 Å². The van der Waals surface area contributed by atoms with E-state index in [1.54, 1.807) is 18.5 Å². The van der Waals surface area contributed by atoms with Crippen LogP contribution in [0.15, 0.2) is 53.3 Å². The number of piperidine rings is 1. The molecule has 4 heterocycles. The van der Waals surface area contributed by atoms with Crippen molar-refractivity contribution in [3.8, 4) is 11.5 Å². The molecule has 0 bridgehead atoms. The molecule has 6 nitrogen and oxygen atoms in total. The summed E-state index contributed by atoms with van der Waals surface area (Å²) in [6, 6.07) is 11.3. The first-order valence-corrected chi connectivity index (χ1v) is 10.4. The first-order chi connectivity index (χ1) is 15.4. The summed E-state index contributed by atoms with van der Waals surface area (Å²) >= 11 is 6.10. The Hall–Kier alpha value is -3.20. The fraction of sp³-hybridized carbons (Fsp3) is 0.273. The second-order valence-corrected chi connectivity index (χ2v) is 8.08. The molecule has 5 rings (SSSR count). The van der Waals surface area contributed by atoms with Crippen molar-refractivity contribution in [1.29, 1.82) is 0 Å². The van der Waals surface area contributed by atoms with E-state index >= 15 is 0 Å². The van der Waals surface area contributed by atoms with Gasteiger partial charge in [-0.3, -0.25) is 9.97 Å². The van der Waals surface area contributed by atoms with Crippen LogP contribution >= 0.6 is 11.6 Å². The quantitative estimate of drug-likeness (QED) is 0.389. The number of fused-ring (bicyclic) bond motifs is 1. The Morgan fingerprint density at radius 3 is 2.53 bits per heavy atom. The minimum Gasteiger partial charge on any atom is -0.371 e. The predicted octanol–water partition coefficient (Wildman–Crippen LogP) is 5.74. The number of anilines is 1. The van der Waals surface area contributed by atoms with E-state index in [4.69, 9.17) is 11.6 Å². The van der Waals surface area contributed by atoms with Gasteiger partial charge in [-0.2, -0.15) is 18.2 Å². The molecule has 1 fully saturated rings. The minimum atomic E-state index is -4.68. The summed E-state index contributed by atoms with van der Waals surface area (Å²) < 4.78 is 42.6. The second kappa shape index (κ2) is 8.05. The number of hydrogen-bond donors (Lipinski definition) is 0. The lowest BCUT2D eigenvalue weighted by Gasteiger charge is -2.34. The van der Waals surface area contributed by atoms with Crippen LogP contribution in [0, 0.1) is 0 Å². The lowest BCUT2D eigenvalue weighted by molar-refractivity contribution is -0.159. The van der Waals surface area contributed by atoms with Gasteiger partial charge >= 0.3 is 12.1 Å². The van der Waals surface area contributed by atoms with Gasteiger partial charge in [-0.15, -0.1) is 0 Å². The molecule has 164 valence electrons. The summed E-state index contributed by atoms with van der Waals surface area (Å²) in [6.45, 7) is 1.68. The van der Waals surface area contributed by atoms with Crippen LogP contribution in [0.4, 0.5) is 18.9 Å². The highest BCUT2D eigenvalue weighted by atomic mass is 35.5. The zero-order valence-electron chi connectivity index (χ0n) is 16.7. The van der Waals surface area contributed by atoms with Crippen molar-refractivity contribution >= 4 is 28.2 Å². The highest BCUT2D eigenvalue weighted by Gasteiger charge is 2.38. The van der Waals surface area contributed by atoms with Crippen molar-refractivity contribution in [2.75, 3.05) is 18.0 Å². The number of aromatic nitrogens is 4. The Labute approximate surface area is 186 Å². The number of nitrogens with zero attached hydrogens (tertiary/aromatic N) is 5. The molecular weight excluding hydrogens is 443 g/mol. The summed E-state index contributed by atoms with van der Waals surface area (Å²) in [7, 11) is 0. The molecule has 0 amide bonds. The Balaban J connectivity index is 1.33. The van der Waals surface area contributed by atoms with E-state index in [9.17, 15) is 13.2 Å². The maximum atomic E-state index is 12.7. The van der Waals surface area contributed by atoms with Crippen molar-refractivity contribution in [1.82, 2.24) is 20.1 Å². The lowest BCUT2D eigenvalue weighted by Crippen LogP contribution is -2.33. The van der Waals surface area contributed by atoms with Crippen molar-refractivity contribution in [3.63, 3.8) is 0 Å². The van der Waals surface area contributed by atoms with Crippen LogP contribution in [0.5, 0.6) is 0 Å². The van der Waals surface area contributed by atoms with Gasteiger partial charge in [-0.05, 0) is 60.7 Å². The highest BCUT2D eigenvalue weighted by molar-refractivity contribution is 6.31. The third-order valence-corrected chi connectivity index (χ3v) is 5.91. The van der Waals surface area contributed by atoms with E-state index in [1.165, 1.54) is 0 Å². The molecular formula is C22H17ClF3N5O. The van der Waals surface area contributed by atoms with E-state index in [1.807, 2.05) is 30.3 Å². The van der Waals surface area contributed by atoms with Crippen LogP contribution in [-0.4, -0.2) is 33.2 Å². The van der Waals surface area contributed by atoms with Crippen molar-refractivity contribution < 1.29 is 17.7 Å². The van der Waals surface area contributed by atoms with E-state index in [0.717, 1.165) is 48.1 Å². The molecule has 0 atom stereocenters. The Bertz CT molecular complexity index is 1270. The molecule has 0 radical (unpaired) electrons. The second-order valence-electron chi connectivity index (χ2n) is 7.65. The maximum absolute atomic E-state index is 12.7. The summed E-state index contributed by atoms with van der Waals surface area (Å²) in [5.74, 6) is -1.29. The third kappa shape index (κ3) is 4.00. The molecule has 1 aliphatic heterocycles. The number of alkyl halides is 3. The molecule has 10 heteroatoms. The molecule has 0 saturated carbocycles. The van der Waals surface area contributed by atoms with E-state index in [0.29, 0.717) is 5.02 Å². The number of benzene rings is 1. The smallest absolute Gasteiger partial charge is 0.371 e. The maximum Gasteiger partial charge on any atom is 0.471 e. The van der Waals surface area contributed by atoms with Gasteiger partial charge in [0.15, 0.2) is 0 Å². The molecule has 3 aromatic heterocycles. The van der Waals surface area contributed by atoms with Gasteiger partial charge < -0.3 is 9.42 Å². The number of pyridine rings is 2. The molecule has 0 aliphatic carbocycles. The molecule has 0 N–H and O–H groups in total. The molecule has 1 aromatic carbocycles. The molecule has 0 unspecified atom stereocenters. The zero-order valence-corrected chi connectivity index (χ0v) is 17.4. The molecule has 1 saturated heterocycles. The monoisotopic (exact) mass is 459 g/mol. The van der Waals surface area contributed by atoms with Crippen LogP contribution in [0.1, 0.15) is 30.2 Å². The summed E-state index contributed by atoms with van der Waals surface area (Å²) in [6.07, 6.45) is 0.454. The lowest BCUT2D eigenvalue weighted by atomic mass is 9.89. The summed E-state index contributed by atoms with van der Waals surface area (Å²) in [4.78, 5) is 14.3. The van der Waals surface area contributed by atoms with Gasteiger partial charge in [0.2, 0.25) is 5.82 Å². The number of rotatable bonds is 3. The number of halogens is 4. The first kappa shape index (κ1) is 20.7. The SMILES string of the molecule is FC(F)(F)c1nc(-c2cc(C3CCN(c4ccnc5cc(Cl)ccc45)CC3)ccn2)no1. The zero-order chi connectivity index (χ0) is 22.3. The third-order valence-electron chi connectivity index (χ3n) is 5.67. The topological polar surface area (TPSA) is 67.9 Å². The van der Waals surface area contributed by atoms with E-state index < -0.39 is 12.1 Å². The average molecular weight is 460 g/mol. The van der Waals surface area contributed by atoms with Crippen LogP contribution in [0.3, 0.4) is 0 Å². The van der Waals surface area contributed by atoms with E-state index in [2.05, 4.69) is 29.5 Å². The van der Waals surface area contributed by atoms with Crippen molar-refractivity contribution in [2.24, 2.45) is 0 Å². The van der Waals surface area contributed by atoms with Gasteiger partial charge in [0.05, 0.1) is 5.52 Å². The van der Waals surface area contributed by atoms with E-state index in [-0.39, 0.29) is 17.4 Å². The molecule has 1 aliphatic rings.